The molecule has 1 heterocycles. The van der Waals surface area contributed by atoms with Gasteiger partial charge in [-0.05, 0) is 50.7 Å². The van der Waals surface area contributed by atoms with Crippen LogP contribution in [0.15, 0.2) is 18.3 Å². The van der Waals surface area contributed by atoms with Crippen LogP contribution in [0.3, 0.4) is 0 Å². The van der Waals surface area contributed by atoms with E-state index in [4.69, 9.17) is 16.9 Å². The fraction of sp³-hybridized carbons (Fsp3) is 0.667. The van der Waals surface area contributed by atoms with E-state index in [0.29, 0.717) is 5.92 Å². The summed E-state index contributed by atoms with van der Waals surface area (Å²) in [5.74, 6) is 0.406. The molecule has 3 heteroatoms. The molecule has 0 N–H and O–H groups in total. The Morgan fingerprint density at radius 1 is 1.43 bits per heavy atom. The third-order valence-electron chi connectivity index (χ3n) is 4.12. The van der Waals surface area contributed by atoms with Crippen LogP contribution in [0.4, 0.5) is 0 Å². The topological polar surface area (TPSA) is 36.7 Å². The lowest BCUT2D eigenvalue weighted by Gasteiger charge is -2.27. The lowest BCUT2D eigenvalue weighted by Crippen LogP contribution is -2.20. The zero-order valence-electron chi connectivity index (χ0n) is 13.7. The van der Waals surface area contributed by atoms with Gasteiger partial charge in [0.15, 0.2) is 0 Å². The highest BCUT2D eigenvalue weighted by Crippen LogP contribution is 2.39. The van der Waals surface area contributed by atoms with Gasteiger partial charge in [0, 0.05) is 12.1 Å². The van der Waals surface area contributed by atoms with E-state index in [0.717, 1.165) is 37.8 Å². The summed E-state index contributed by atoms with van der Waals surface area (Å²) in [6.07, 6.45) is 6.86. The maximum atomic E-state index is 9.08. The summed E-state index contributed by atoms with van der Waals surface area (Å²) in [4.78, 5) is 4.17. The molecule has 3 atom stereocenters. The molecular formula is C18H27ClN2. The van der Waals surface area contributed by atoms with E-state index < -0.39 is 4.87 Å². The highest BCUT2D eigenvalue weighted by molar-refractivity contribution is 6.23. The standard InChI is InChI=1S/C18H27ClN2/c1-5-7-10-18(4,19)17-16(9-8-11-21-17)15(6-2)12-14(3)13-20/h8-9,11,14-15H,5-7,10,12H2,1-4H3. The lowest BCUT2D eigenvalue weighted by atomic mass is 9.83. The van der Waals surface area contributed by atoms with Gasteiger partial charge in [-0.2, -0.15) is 5.26 Å². The van der Waals surface area contributed by atoms with E-state index in [1.807, 2.05) is 19.2 Å². The second-order valence-electron chi connectivity index (χ2n) is 6.11. The Labute approximate surface area is 134 Å². The molecule has 0 saturated heterocycles. The van der Waals surface area contributed by atoms with Gasteiger partial charge in [-0.3, -0.25) is 4.98 Å². The molecule has 0 radical (unpaired) electrons. The summed E-state index contributed by atoms with van der Waals surface area (Å²) < 4.78 is 0. The van der Waals surface area contributed by atoms with Crippen LogP contribution in [-0.2, 0) is 4.87 Å². The second-order valence-corrected chi connectivity index (χ2v) is 6.95. The summed E-state index contributed by atoms with van der Waals surface area (Å²) >= 11 is 6.79. The van der Waals surface area contributed by atoms with Crippen molar-refractivity contribution in [3.8, 4) is 6.07 Å². The van der Waals surface area contributed by atoms with Gasteiger partial charge in [0.25, 0.3) is 0 Å². The number of halogens is 1. The molecule has 0 amide bonds. The number of pyridine rings is 1. The van der Waals surface area contributed by atoms with Gasteiger partial charge >= 0.3 is 0 Å². The van der Waals surface area contributed by atoms with Crippen LogP contribution in [-0.4, -0.2) is 4.98 Å². The molecule has 1 aromatic rings. The zero-order chi connectivity index (χ0) is 15.9. The van der Waals surface area contributed by atoms with Gasteiger partial charge in [-0.15, -0.1) is 11.6 Å². The number of alkyl halides is 1. The fourth-order valence-electron chi connectivity index (χ4n) is 2.80. The lowest BCUT2D eigenvalue weighted by molar-refractivity contribution is 0.501. The summed E-state index contributed by atoms with van der Waals surface area (Å²) in [6.45, 7) is 8.39. The number of hydrogen-bond acceptors (Lipinski definition) is 2. The summed E-state index contributed by atoms with van der Waals surface area (Å²) in [6, 6.07) is 6.45. The zero-order valence-corrected chi connectivity index (χ0v) is 14.5. The summed E-state index contributed by atoms with van der Waals surface area (Å²) in [5.41, 5.74) is 2.22. The molecule has 1 aromatic heterocycles. The van der Waals surface area contributed by atoms with Crippen molar-refractivity contribution in [2.45, 2.75) is 70.6 Å². The monoisotopic (exact) mass is 306 g/mol. The first-order chi connectivity index (χ1) is 9.96. The highest BCUT2D eigenvalue weighted by Gasteiger charge is 2.29. The predicted molar refractivity (Wildman–Crippen MR) is 89.4 cm³/mol. The Bertz CT molecular complexity index is 476. The third kappa shape index (κ3) is 5.00. The van der Waals surface area contributed by atoms with Gasteiger partial charge in [0.05, 0.1) is 16.6 Å². The molecule has 21 heavy (non-hydrogen) atoms. The molecule has 2 nitrogen and oxygen atoms in total. The van der Waals surface area contributed by atoms with Crippen LogP contribution in [0, 0.1) is 17.2 Å². The molecule has 1 rings (SSSR count). The van der Waals surface area contributed by atoms with Crippen molar-refractivity contribution in [3.05, 3.63) is 29.6 Å². The van der Waals surface area contributed by atoms with Crippen molar-refractivity contribution in [2.75, 3.05) is 0 Å². The quantitative estimate of drug-likeness (QED) is 0.572. The van der Waals surface area contributed by atoms with Crippen molar-refractivity contribution in [2.24, 2.45) is 5.92 Å². The fourth-order valence-corrected chi connectivity index (χ4v) is 3.09. The average Bonchev–Trinajstić information content (AvgIpc) is 2.50. The van der Waals surface area contributed by atoms with Gasteiger partial charge < -0.3 is 0 Å². The first-order valence-electron chi connectivity index (χ1n) is 8.00. The first kappa shape index (κ1) is 18.0. The Kier molecular flexibility index (Phi) is 7.18. The van der Waals surface area contributed by atoms with E-state index in [2.05, 4.69) is 37.9 Å². The number of rotatable bonds is 8. The number of nitrogens with zero attached hydrogens (tertiary/aromatic N) is 2. The Morgan fingerprint density at radius 2 is 2.14 bits per heavy atom. The van der Waals surface area contributed by atoms with Crippen molar-refractivity contribution < 1.29 is 0 Å². The van der Waals surface area contributed by atoms with E-state index in [1.54, 1.807) is 0 Å². The van der Waals surface area contributed by atoms with Crippen LogP contribution >= 0.6 is 11.6 Å². The maximum absolute atomic E-state index is 9.08. The highest BCUT2D eigenvalue weighted by atomic mass is 35.5. The van der Waals surface area contributed by atoms with E-state index in [-0.39, 0.29) is 5.92 Å². The van der Waals surface area contributed by atoms with Crippen molar-refractivity contribution in [3.63, 3.8) is 0 Å². The minimum absolute atomic E-state index is 0.0558. The van der Waals surface area contributed by atoms with E-state index in [1.165, 1.54) is 5.56 Å². The van der Waals surface area contributed by atoms with E-state index in [9.17, 15) is 0 Å². The largest absolute Gasteiger partial charge is 0.259 e. The number of aromatic nitrogens is 1. The first-order valence-corrected chi connectivity index (χ1v) is 8.37. The Morgan fingerprint density at radius 3 is 2.71 bits per heavy atom. The normalized spacial score (nSPS) is 16.8. The molecular weight excluding hydrogens is 280 g/mol. The Balaban J connectivity index is 3.10. The molecule has 0 aliphatic rings. The van der Waals surface area contributed by atoms with Gasteiger partial charge in [0.1, 0.15) is 0 Å². The molecule has 0 aromatic carbocycles. The molecule has 0 aliphatic heterocycles. The average molecular weight is 307 g/mol. The van der Waals surface area contributed by atoms with E-state index >= 15 is 0 Å². The molecule has 3 unspecified atom stereocenters. The van der Waals surface area contributed by atoms with Crippen LogP contribution in [0.5, 0.6) is 0 Å². The molecule has 0 fully saturated rings. The van der Waals surface area contributed by atoms with Gasteiger partial charge in [-0.25, -0.2) is 0 Å². The summed E-state index contributed by atoms with van der Waals surface area (Å²) in [5, 5.41) is 9.08. The Hall–Kier alpha value is -1.07. The summed E-state index contributed by atoms with van der Waals surface area (Å²) in [7, 11) is 0. The number of unbranched alkanes of at least 4 members (excludes halogenated alkanes) is 1. The molecule has 0 aliphatic carbocycles. The second kappa shape index (κ2) is 8.39. The van der Waals surface area contributed by atoms with Crippen LogP contribution in [0.2, 0.25) is 0 Å². The van der Waals surface area contributed by atoms with Crippen molar-refractivity contribution >= 4 is 11.6 Å². The smallest absolute Gasteiger partial charge is 0.0840 e. The number of hydrogen-bond donors (Lipinski definition) is 0. The van der Waals surface area contributed by atoms with Crippen molar-refractivity contribution in [1.82, 2.24) is 4.98 Å². The number of nitriles is 1. The molecule has 0 spiro atoms. The van der Waals surface area contributed by atoms with Gasteiger partial charge in [0.2, 0.25) is 0 Å². The SMILES string of the molecule is CCCCC(C)(Cl)c1ncccc1C(CC)CC(C)C#N. The molecule has 116 valence electrons. The maximum Gasteiger partial charge on any atom is 0.0840 e. The van der Waals surface area contributed by atoms with Crippen LogP contribution in [0.25, 0.3) is 0 Å². The minimum Gasteiger partial charge on any atom is -0.259 e. The minimum atomic E-state index is -0.421. The van der Waals surface area contributed by atoms with Crippen LogP contribution < -0.4 is 0 Å². The molecule has 0 bridgehead atoms. The van der Waals surface area contributed by atoms with Gasteiger partial charge in [-0.1, -0.05) is 32.8 Å². The third-order valence-corrected chi connectivity index (χ3v) is 4.49. The van der Waals surface area contributed by atoms with Crippen molar-refractivity contribution in [1.29, 1.82) is 5.26 Å². The predicted octanol–water partition coefficient (Wildman–Crippen LogP) is 5.77. The molecule has 0 saturated carbocycles. The van der Waals surface area contributed by atoms with Crippen LogP contribution in [0.1, 0.15) is 77.0 Å².